The van der Waals surface area contributed by atoms with Crippen LogP contribution in [-0.4, -0.2) is 42.3 Å². The zero-order valence-corrected chi connectivity index (χ0v) is 13.9. The molecule has 0 aliphatic heterocycles. The van der Waals surface area contributed by atoms with Gasteiger partial charge >= 0.3 is 17.9 Å². The van der Waals surface area contributed by atoms with Crippen LogP contribution in [-0.2, 0) is 23.9 Å². The Bertz CT molecular complexity index is 428. The lowest BCUT2D eigenvalue weighted by atomic mass is 9.67. The van der Waals surface area contributed by atoms with Crippen LogP contribution < -0.4 is 5.73 Å². The summed E-state index contributed by atoms with van der Waals surface area (Å²) in [4.78, 5) is 34.5. The van der Waals surface area contributed by atoms with Crippen molar-refractivity contribution in [3.63, 3.8) is 0 Å². The number of carboxylic acids is 1. The van der Waals surface area contributed by atoms with E-state index in [2.05, 4.69) is 0 Å². The third-order valence-electron chi connectivity index (χ3n) is 4.31. The van der Waals surface area contributed by atoms with E-state index in [9.17, 15) is 14.4 Å². The van der Waals surface area contributed by atoms with Gasteiger partial charge in [0.05, 0.1) is 12.3 Å². The molecule has 0 spiro atoms. The molecule has 23 heavy (non-hydrogen) atoms. The quantitative estimate of drug-likeness (QED) is 0.512. The van der Waals surface area contributed by atoms with Crippen molar-refractivity contribution in [2.75, 3.05) is 13.2 Å². The first-order valence-corrected chi connectivity index (χ1v) is 8.09. The fourth-order valence-corrected chi connectivity index (χ4v) is 2.95. The lowest BCUT2D eigenvalue weighted by Gasteiger charge is -2.39. The first kappa shape index (κ1) is 19.4. The average Bonchev–Trinajstić information content (AvgIpc) is 2.50. The molecular weight excluding hydrogens is 302 g/mol. The summed E-state index contributed by atoms with van der Waals surface area (Å²) in [5, 5.41) is 9.12. The summed E-state index contributed by atoms with van der Waals surface area (Å²) in [7, 11) is 0. The van der Waals surface area contributed by atoms with Crippen LogP contribution in [0.25, 0.3) is 0 Å². The third kappa shape index (κ3) is 5.82. The van der Waals surface area contributed by atoms with Crippen LogP contribution in [0.5, 0.6) is 0 Å². The van der Waals surface area contributed by atoms with Crippen LogP contribution in [0.15, 0.2) is 0 Å². The van der Waals surface area contributed by atoms with Gasteiger partial charge in [-0.05, 0) is 12.8 Å². The average molecular weight is 329 g/mol. The first-order chi connectivity index (χ1) is 10.8. The minimum atomic E-state index is -0.972. The maximum absolute atomic E-state index is 12.1. The highest BCUT2D eigenvalue weighted by molar-refractivity contribution is 5.78. The zero-order valence-electron chi connectivity index (χ0n) is 13.9. The molecule has 3 N–H and O–H groups in total. The summed E-state index contributed by atoms with van der Waals surface area (Å²) in [5.74, 6) is -2.19. The van der Waals surface area contributed by atoms with Crippen LogP contribution in [0.4, 0.5) is 0 Å². The van der Waals surface area contributed by atoms with E-state index in [0.717, 1.165) is 19.3 Å². The molecule has 0 heterocycles. The highest BCUT2D eigenvalue weighted by Gasteiger charge is 2.44. The van der Waals surface area contributed by atoms with Gasteiger partial charge in [0.2, 0.25) is 0 Å². The van der Waals surface area contributed by atoms with E-state index < -0.39 is 23.4 Å². The highest BCUT2D eigenvalue weighted by Crippen LogP contribution is 2.42. The Morgan fingerprint density at radius 3 is 2.04 bits per heavy atom. The number of ether oxygens (including phenoxy) is 2. The van der Waals surface area contributed by atoms with Gasteiger partial charge in [0, 0.05) is 5.41 Å². The van der Waals surface area contributed by atoms with Crippen LogP contribution in [0, 0.1) is 11.3 Å². The molecule has 1 atom stereocenters. The summed E-state index contributed by atoms with van der Waals surface area (Å²) >= 11 is 0. The third-order valence-corrected chi connectivity index (χ3v) is 4.31. The van der Waals surface area contributed by atoms with E-state index in [0.29, 0.717) is 12.8 Å². The summed E-state index contributed by atoms with van der Waals surface area (Å²) in [6, 6.07) is -0.972. The fourth-order valence-electron chi connectivity index (χ4n) is 2.95. The van der Waals surface area contributed by atoms with Crippen molar-refractivity contribution in [2.24, 2.45) is 17.1 Å². The Balaban J connectivity index is 2.52. The number of carboxylic acid groups (broad SMARTS) is 1. The molecule has 0 aromatic heterocycles. The number of carbonyl (C=O) groups is 3. The predicted octanol–water partition coefficient (Wildman–Crippen LogP) is 1.48. The van der Waals surface area contributed by atoms with Crippen molar-refractivity contribution in [1.82, 2.24) is 0 Å². The van der Waals surface area contributed by atoms with E-state index in [1.165, 1.54) is 0 Å². The maximum atomic E-state index is 12.1. The van der Waals surface area contributed by atoms with E-state index in [-0.39, 0.29) is 31.5 Å². The molecular formula is C16H27NO6. The number of aliphatic carboxylic acids is 1. The van der Waals surface area contributed by atoms with Crippen LogP contribution in [0.2, 0.25) is 0 Å². The molecule has 1 rings (SSSR count). The van der Waals surface area contributed by atoms with Gasteiger partial charge in [0.1, 0.15) is 19.3 Å². The largest absolute Gasteiger partial charge is 0.481 e. The number of carbonyl (C=O) groups excluding carboxylic acids is 2. The lowest BCUT2D eigenvalue weighted by molar-refractivity contribution is -0.158. The Kier molecular flexibility index (Phi) is 7.48. The van der Waals surface area contributed by atoms with Gasteiger partial charge in [-0.15, -0.1) is 0 Å². The number of rotatable bonds is 8. The van der Waals surface area contributed by atoms with Crippen molar-refractivity contribution in [3.8, 4) is 0 Å². The molecule has 7 heteroatoms. The number of hydrogen-bond donors (Lipinski definition) is 2. The van der Waals surface area contributed by atoms with E-state index >= 15 is 0 Å². The number of nitrogens with two attached hydrogens (primary N) is 1. The van der Waals surface area contributed by atoms with Gasteiger partial charge < -0.3 is 20.3 Å². The molecule has 7 nitrogen and oxygen atoms in total. The van der Waals surface area contributed by atoms with E-state index in [1.54, 1.807) is 13.8 Å². The minimum Gasteiger partial charge on any atom is -0.481 e. The lowest BCUT2D eigenvalue weighted by Crippen LogP contribution is -2.50. The molecule has 0 saturated heterocycles. The molecule has 0 radical (unpaired) electrons. The highest BCUT2D eigenvalue weighted by atomic mass is 16.6. The Hall–Kier alpha value is -1.63. The fraction of sp³-hybridized carbons (Fsp3) is 0.812. The standard InChI is InChI=1S/C16H27NO6/c1-11(2)14(20)22-8-9-23-15(21)13(17)16(10-12(18)19)6-4-3-5-7-16/h11,13H,3-10,17H2,1-2H3,(H,18,19). The van der Waals surface area contributed by atoms with Gasteiger partial charge in [-0.3, -0.25) is 14.4 Å². The Morgan fingerprint density at radius 1 is 1.04 bits per heavy atom. The Morgan fingerprint density at radius 2 is 1.57 bits per heavy atom. The van der Waals surface area contributed by atoms with Crippen LogP contribution in [0.3, 0.4) is 0 Å². The second kappa shape index (κ2) is 8.86. The van der Waals surface area contributed by atoms with Gasteiger partial charge in [-0.25, -0.2) is 0 Å². The smallest absolute Gasteiger partial charge is 0.323 e. The van der Waals surface area contributed by atoms with Gasteiger partial charge in [0.25, 0.3) is 0 Å². The van der Waals surface area contributed by atoms with Gasteiger partial charge in [0.15, 0.2) is 0 Å². The van der Waals surface area contributed by atoms with Crippen LogP contribution in [0.1, 0.15) is 52.4 Å². The predicted molar refractivity (Wildman–Crippen MR) is 82.5 cm³/mol. The van der Waals surface area contributed by atoms with Crippen molar-refractivity contribution >= 4 is 17.9 Å². The summed E-state index contributed by atoms with van der Waals surface area (Å²) < 4.78 is 9.98. The molecule has 132 valence electrons. The first-order valence-electron chi connectivity index (χ1n) is 8.09. The zero-order chi connectivity index (χ0) is 17.5. The Labute approximate surface area is 136 Å². The monoisotopic (exact) mass is 329 g/mol. The van der Waals surface area contributed by atoms with Crippen LogP contribution >= 0.6 is 0 Å². The van der Waals surface area contributed by atoms with Crippen molar-refractivity contribution in [2.45, 2.75) is 58.4 Å². The molecule has 0 aromatic rings. The van der Waals surface area contributed by atoms with E-state index in [4.69, 9.17) is 20.3 Å². The molecule has 1 aliphatic rings. The molecule has 1 aliphatic carbocycles. The number of hydrogen-bond acceptors (Lipinski definition) is 6. The summed E-state index contributed by atoms with van der Waals surface area (Å²) in [6.07, 6.45) is 3.83. The number of esters is 2. The summed E-state index contributed by atoms with van der Waals surface area (Å²) in [5.41, 5.74) is 5.28. The summed E-state index contributed by atoms with van der Waals surface area (Å²) in [6.45, 7) is 3.32. The van der Waals surface area contributed by atoms with Gasteiger partial charge in [-0.2, -0.15) is 0 Å². The minimum absolute atomic E-state index is 0.0264. The topological polar surface area (TPSA) is 116 Å². The molecule has 0 aromatic carbocycles. The molecule has 1 fully saturated rings. The maximum Gasteiger partial charge on any atom is 0.323 e. The van der Waals surface area contributed by atoms with Gasteiger partial charge in [-0.1, -0.05) is 33.1 Å². The van der Waals surface area contributed by atoms with Crippen molar-refractivity contribution in [3.05, 3.63) is 0 Å². The van der Waals surface area contributed by atoms with Crippen molar-refractivity contribution < 1.29 is 29.0 Å². The molecule has 0 bridgehead atoms. The molecule has 1 saturated carbocycles. The molecule has 1 unspecified atom stereocenters. The SMILES string of the molecule is CC(C)C(=O)OCCOC(=O)C(N)C1(CC(=O)O)CCCCC1. The van der Waals surface area contributed by atoms with Crippen molar-refractivity contribution in [1.29, 1.82) is 0 Å². The molecule has 0 amide bonds. The normalized spacial score (nSPS) is 18.3. The second-order valence-electron chi connectivity index (χ2n) is 6.46. The van der Waals surface area contributed by atoms with E-state index in [1.807, 2.05) is 0 Å². The second-order valence-corrected chi connectivity index (χ2v) is 6.46.